The number of thiazole rings is 1. The number of hydrogen-bond acceptors (Lipinski definition) is 3. The van der Waals surface area contributed by atoms with E-state index in [9.17, 15) is 0 Å². The van der Waals surface area contributed by atoms with Crippen LogP contribution < -0.4 is 5.32 Å². The minimum Gasteiger partial charge on any atom is -0.308 e. The van der Waals surface area contributed by atoms with Crippen molar-refractivity contribution in [3.63, 3.8) is 0 Å². The molecule has 0 saturated heterocycles. The van der Waals surface area contributed by atoms with Crippen LogP contribution in [0.2, 0.25) is 0 Å². The van der Waals surface area contributed by atoms with Crippen molar-refractivity contribution >= 4 is 11.3 Å². The number of aryl methyl sites for hydroxylation is 1. The first-order valence-corrected chi connectivity index (χ1v) is 6.78. The largest absolute Gasteiger partial charge is 0.308 e. The Morgan fingerprint density at radius 1 is 1.53 bits per heavy atom. The normalized spacial score (nSPS) is 16.2. The smallest absolute Gasteiger partial charge is 0.0928 e. The van der Waals surface area contributed by atoms with Gasteiger partial charge in [-0.15, -0.1) is 11.3 Å². The first-order chi connectivity index (χ1) is 7.24. The van der Waals surface area contributed by atoms with Crippen LogP contribution in [-0.4, -0.2) is 11.0 Å². The summed E-state index contributed by atoms with van der Waals surface area (Å²) in [5.74, 6) is 0.780. The highest BCUT2D eigenvalue weighted by Crippen LogP contribution is 2.20. The highest BCUT2D eigenvalue weighted by atomic mass is 32.1. The van der Waals surface area contributed by atoms with Crippen LogP contribution in [0.5, 0.6) is 0 Å². The number of aromatic nitrogens is 1. The van der Waals surface area contributed by atoms with E-state index in [1.807, 2.05) is 11.3 Å². The minimum absolute atomic E-state index is 0.780. The molecular formula is C12H20N2S. The third-order valence-corrected chi connectivity index (χ3v) is 3.64. The quantitative estimate of drug-likeness (QED) is 0.803. The van der Waals surface area contributed by atoms with Gasteiger partial charge in [0.2, 0.25) is 0 Å². The van der Waals surface area contributed by atoms with E-state index >= 15 is 0 Å². The molecule has 0 spiro atoms. The van der Waals surface area contributed by atoms with E-state index in [0.717, 1.165) is 24.9 Å². The average molecular weight is 224 g/mol. The van der Waals surface area contributed by atoms with Gasteiger partial charge in [0, 0.05) is 18.0 Å². The summed E-state index contributed by atoms with van der Waals surface area (Å²) in [5, 5.41) is 7.00. The molecule has 0 amide bonds. The van der Waals surface area contributed by atoms with E-state index in [-0.39, 0.29) is 0 Å². The maximum atomic E-state index is 4.64. The summed E-state index contributed by atoms with van der Waals surface area (Å²) in [7, 11) is 0. The predicted molar refractivity (Wildman–Crippen MR) is 65.1 cm³/mol. The molecule has 15 heavy (non-hydrogen) atoms. The highest BCUT2D eigenvalue weighted by molar-refractivity contribution is 7.09. The summed E-state index contributed by atoms with van der Waals surface area (Å²) in [4.78, 5) is 4.64. The van der Waals surface area contributed by atoms with Crippen LogP contribution in [0, 0.1) is 5.92 Å². The summed E-state index contributed by atoms with van der Waals surface area (Å²) in [6.45, 7) is 5.50. The Hall–Kier alpha value is -0.410. The summed E-state index contributed by atoms with van der Waals surface area (Å²) in [6.07, 6.45) is 5.10. The van der Waals surface area contributed by atoms with Crippen molar-refractivity contribution in [3.8, 4) is 0 Å². The van der Waals surface area contributed by atoms with Crippen molar-refractivity contribution in [2.45, 2.75) is 52.1 Å². The van der Waals surface area contributed by atoms with E-state index < -0.39 is 0 Å². The van der Waals surface area contributed by atoms with Crippen LogP contribution in [0.25, 0.3) is 0 Å². The molecule has 1 fully saturated rings. The van der Waals surface area contributed by atoms with Gasteiger partial charge in [-0.2, -0.15) is 0 Å². The van der Waals surface area contributed by atoms with Crippen LogP contribution in [0.3, 0.4) is 0 Å². The van der Waals surface area contributed by atoms with Crippen LogP contribution in [-0.2, 0) is 13.0 Å². The molecule has 0 unspecified atom stereocenters. The molecule has 3 heteroatoms. The summed E-state index contributed by atoms with van der Waals surface area (Å²) in [6, 6.07) is 0.783. The van der Waals surface area contributed by atoms with Crippen LogP contribution in [0.1, 0.15) is 43.8 Å². The molecular weight excluding hydrogens is 204 g/mol. The molecule has 1 aliphatic carbocycles. The van der Waals surface area contributed by atoms with Gasteiger partial charge in [-0.25, -0.2) is 4.98 Å². The first-order valence-electron chi connectivity index (χ1n) is 5.90. The van der Waals surface area contributed by atoms with Crippen molar-refractivity contribution in [2.24, 2.45) is 5.92 Å². The highest BCUT2D eigenvalue weighted by Gasteiger charge is 2.20. The molecule has 2 rings (SSSR count). The minimum atomic E-state index is 0.780. The summed E-state index contributed by atoms with van der Waals surface area (Å²) < 4.78 is 0. The molecule has 1 N–H and O–H groups in total. The third kappa shape index (κ3) is 3.92. The van der Waals surface area contributed by atoms with Crippen molar-refractivity contribution in [1.29, 1.82) is 0 Å². The monoisotopic (exact) mass is 224 g/mol. The maximum absolute atomic E-state index is 4.64. The summed E-state index contributed by atoms with van der Waals surface area (Å²) >= 11 is 1.81. The maximum Gasteiger partial charge on any atom is 0.0928 e. The van der Waals surface area contributed by atoms with Crippen molar-refractivity contribution in [2.75, 3.05) is 0 Å². The number of hydrogen-bond donors (Lipinski definition) is 1. The molecule has 0 aliphatic heterocycles. The van der Waals surface area contributed by atoms with Gasteiger partial charge in [0.1, 0.15) is 0 Å². The fourth-order valence-corrected chi connectivity index (χ4v) is 2.31. The lowest BCUT2D eigenvalue weighted by Crippen LogP contribution is -2.15. The fourth-order valence-electron chi connectivity index (χ4n) is 1.49. The Labute approximate surface area is 96.1 Å². The lowest BCUT2D eigenvalue weighted by atomic mass is 10.1. The van der Waals surface area contributed by atoms with Gasteiger partial charge in [0.05, 0.1) is 10.7 Å². The van der Waals surface area contributed by atoms with E-state index in [2.05, 4.69) is 29.5 Å². The molecule has 0 bridgehead atoms. The van der Waals surface area contributed by atoms with E-state index in [0.29, 0.717) is 0 Å². The summed E-state index contributed by atoms with van der Waals surface area (Å²) in [5.41, 5.74) is 1.23. The molecule has 1 saturated carbocycles. The molecule has 0 radical (unpaired) electrons. The number of nitrogens with one attached hydrogen (secondary N) is 1. The fraction of sp³-hybridized carbons (Fsp3) is 0.750. The first kappa shape index (κ1) is 11.1. The molecule has 84 valence electrons. The van der Waals surface area contributed by atoms with Gasteiger partial charge in [-0.3, -0.25) is 0 Å². The molecule has 1 heterocycles. The Balaban J connectivity index is 1.75. The van der Waals surface area contributed by atoms with Crippen molar-refractivity contribution in [1.82, 2.24) is 10.3 Å². The Morgan fingerprint density at radius 3 is 3.00 bits per heavy atom. The van der Waals surface area contributed by atoms with Gasteiger partial charge in [-0.1, -0.05) is 13.8 Å². The standard InChI is InChI=1S/C12H20N2S/c1-9(2)3-6-12-14-11(8-15-12)7-13-10-4-5-10/h8-10,13H,3-7H2,1-2H3. The topological polar surface area (TPSA) is 24.9 Å². The Bertz CT molecular complexity index is 282. The van der Waals surface area contributed by atoms with Gasteiger partial charge in [0.15, 0.2) is 0 Å². The van der Waals surface area contributed by atoms with Crippen LogP contribution in [0.15, 0.2) is 5.38 Å². The SMILES string of the molecule is CC(C)CCc1nc(CNC2CC2)cs1. The average Bonchev–Trinajstić information content (AvgIpc) is 2.92. The zero-order valence-corrected chi connectivity index (χ0v) is 10.4. The molecule has 1 aromatic heterocycles. The molecule has 0 aromatic carbocycles. The molecule has 1 aliphatic rings. The van der Waals surface area contributed by atoms with Crippen LogP contribution >= 0.6 is 11.3 Å². The van der Waals surface area contributed by atoms with E-state index in [1.54, 1.807) is 0 Å². The zero-order valence-electron chi connectivity index (χ0n) is 9.62. The lowest BCUT2D eigenvalue weighted by Gasteiger charge is -2.00. The second-order valence-electron chi connectivity index (χ2n) is 4.82. The Kier molecular flexibility index (Phi) is 3.76. The van der Waals surface area contributed by atoms with E-state index in [4.69, 9.17) is 0 Å². The van der Waals surface area contributed by atoms with Gasteiger partial charge in [0.25, 0.3) is 0 Å². The lowest BCUT2D eigenvalue weighted by molar-refractivity contribution is 0.584. The van der Waals surface area contributed by atoms with Crippen molar-refractivity contribution in [3.05, 3.63) is 16.1 Å². The molecule has 1 aromatic rings. The Morgan fingerprint density at radius 2 is 2.33 bits per heavy atom. The predicted octanol–water partition coefficient (Wildman–Crippen LogP) is 2.98. The number of rotatable bonds is 6. The van der Waals surface area contributed by atoms with Crippen LogP contribution in [0.4, 0.5) is 0 Å². The van der Waals surface area contributed by atoms with Gasteiger partial charge in [-0.05, 0) is 31.6 Å². The second kappa shape index (κ2) is 5.08. The van der Waals surface area contributed by atoms with Gasteiger partial charge < -0.3 is 5.32 Å². The third-order valence-electron chi connectivity index (χ3n) is 2.68. The number of nitrogens with zero attached hydrogens (tertiary/aromatic N) is 1. The van der Waals surface area contributed by atoms with Gasteiger partial charge >= 0.3 is 0 Å². The second-order valence-corrected chi connectivity index (χ2v) is 5.76. The zero-order chi connectivity index (χ0) is 10.7. The molecule has 0 atom stereocenters. The van der Waals surface area contributed by atoms with E-state index in [1.165, 1.54) is 30.0 Å². The van der Waals surface area contributed by atoms with Crippen molar-refractivity contribution < 1.29 is 0 Å². The molecule has 2 nitrogen and oxygen atoms in total.